The minimum absolute atomic E-state index is 0.363. The SMILES string of the molecule is CCCCCCCCCCOP(=O)(OCCCCCCCCCC)c1cscc1P(=O)(OCCCCCCCCCC)OCCCCCCCCCC. The van der Waals surface area contributed by atoms with E-state index in [1.165, 1.54) is 140 Å². The second-order valence-corrected chi connectivity index (χ2v) is 20.1. The first-order valence-corrected chi connectivity index (χ1v) is 26.9. The van der Waals surface area contributed by atoms with Crippen molar-refractivity contribution in [1.29, 1.82) is 0 Å². The predicted octanol–water partition coefficient (Wildman–Crippen LogP) is 16.0. The molecular formula is C44H86O6P2S. The molecule has 0 amide bonds. The maximum atomic E-state index is 14.7. The molecule has 1 aromatic rings. The number of hydrogen-bond acceptors (Lipinski definition) is 7. The minimum Gasteiger partial charge on any atom is -0.305 e. The van der Waals surface area contributed by atoms with E-state index in [2.05, 4.69) is 27.7 Å². The van der Waals surface area contributed by atoms with Crippen LogP contribution in [0, 0.1) is 0 Å². The molecule has 1 aromatic heterocycles. The molecule has 0 aliphatic rings. The third-order valence-electron chi connectivity index (χ3n) is 10.2. The van der Waals surface area contributed by atoms with Gasteiger partial charge >= 0.3 is 15.2 Å². The van der Waals surface area contributed by atoms with Crippen molar-refractivity contribution in [3.8, 4) is 0 Å². The summed E-state index contributed by atoms with van der Waals surface area (Å²) in [4.78, 5) is 0. The second-order valence-electron chi connectivity index (χ2n) is 15.4. The predicted molar refractivity (Wildman–Crippen MR) is 233 cm³/mol. The van der Waals surface area contributed by atoms with Gasteiger partial charge in [-0.3, -0.25) is 9.13 Å². The van der Waals surface area contributed by atoms with Crippen LogP contribution in [0.25, 0.3) is 0 Å². The van der Waals surface area contributed by atoms with E-state index in [0.717, 1.165) is 77.0 Å². The zero-order valence-electron chi connectivity index (χ0n) is 35.4. The van der Waals surface area contributed by atoms with Crippen molar-refractivity contribution in [2.75, 3.05) is 26.4 Å². The van der Waals surface area contributed by atoms with Gasteiger partial charge in [0.2, 0.25) is 0 Å². The van der Waals surface area contributed by atoms with E-state index in [1.807, 2.05) is 10.8 Å². The summed E-state index contributed by atoms with van der Waals surface area (Å²) in [7, 11) is -7.49. The smallest absolute Gasteiger partial charge is 0.305 e. The van der Waals surface area contributed by atoms with E-state index in [0.29, 0.717) is 37.0 Å². The number of thiophene rings is 1. The normalized spacial score (nSPS) is 12.3. The maximum absolute atomic E-state index is 14.7. The number of rotatable bonds is 42. The summed E-state index contributed by atoms with van der Waals surface area (Å²) < 4.78 is 54.4. The van der Waals surface area contributed by atoms with Crippen molar-refractivity contribution in [1.82, 2.24) is 0 Å². The summed E-state index contributed by atoms with van der Waals surface area (Å²) in [5, 5.41) is 4.39. The van der Waals surface area contributed by atoms with Gasteiger partial charge in [-0.2, -0.15) is 11.3 Å². The van der Waals surface area contributed by atoms with Gasteiger partial charge in [-0.25, -0.2) is 0 Å². The first kappa shape index (κ1) is 51.0. The highest BCUT2D eigenvalue weighted by Crippen LogP contribution is 2.54. The molecule has 6 nitrogen and oxygen atoms in total. The van der Waals surface area contributed by atoms with E-state index < -0.39 is 15.2 Å². The van der Waals surface area contributed by atoms with Crippen LogP contribution in [0.3, 0.4) is 0 Å². The highest BCUT2D eigenvalue weighted by Gasteiger charge is 2.40. The van der Waals surface area contributed by atoms with Crippen LogP contribution in [0.4, 0.5) is 0 Å². The van der Waals surface area contributed by atoms with Gasteiger partial charge in [-0.15, -0.1) is 0 Å². The van der Waals surface area contributed by atoms with E-state index in [4.69, 9.17) is 18.1 Å². The molecule has 0 unspecified atom stereocenters. The molecule has 0 aromatic carbocycles. The lowest BCUT2D eigenvalue weighted by molar-refractivity contribution is 0.203. The van der Waals surface area contributed by atoms with Crippen LogP contribution in [0.5, 0.6) is 0 Å². The quantitative estimate of drug-likeness (QED) is 0.0484. The Morgan fingerprint density at radius 2 is 0.528 bits per heavy atom. The third kappa shape index (κ3) is 26.5. The fourth-order valence-electron chi connectivity index (χ4n) is 6.73. The molecule has 314 valence electrons. The van der Waals surface area contributed by atoms with Crippen molar-refractivity contribution in [2.45, 2.75) is 233 Å². The van der Waals surface area contributed by atoms with Gasteiger partial charge < -0.3 is 18.1 Å². The molecule has 0 aliphatic carbocycles. The lowest BCUT2D eigenvalue weighted by Crippen LogP contribution is -2.26. The molecule has 1 heterocycles. The Bertz CT molecular complexity index is 889. The highest BCUT2D eigenvalue weighted by atomic mass is 32.1. The third-order valence-corrected chi connectivity index (χ3v) is 15.5. The standard InChI is InChI=1S/C44H86O6P2S/c1-5-9-13-17-21-25-29-33-37-47-51(45,48-38-34-30-26-22-18-14-10-6-2)43-41-53-42-44(43)52(46,49-39-35-31-27-23-19-15-11-7-3)50-40-36-32-28-24-20-16-12-8-4/h41-42H,5-40H2,1-4H3. The summed E-state index contributed by atoms with van der Waals surface area (Å²) in [5.74, 6) is 0. The highest BCUT2D eigenvalue weighted by molar-refractivity contribution is 7.69. The van der Waals surface area contributed by atoms with Crippen LogP contribution in [-0.4, -0.2) is 26.4 Å². The minimum atomic E-state index is -3.75. The first-order valence-electron chi connectivity index (χ1n) is 22.8. The first-order chi connectivity index (χ1) is 26.0. The summed E-state index contributed by atoms with van der Waals surface area (Å²) in [5.41, 5.74) is 0. The number of hydrogen-bond donors (Lipinski definition) is 0. The van der Waals surface area contributed by atoms with Gasteiger partial charge in [0.05, 0.1) is 37.0 Å². The molecular weight excluding hydrogens is 718 g/mol. The Hall–Kier alpha value is -0.0000000000000000416. The molecule has 53 heavy (non-hydrogen) atoms. The van der Waals surface area contributed by atoms with Crippen LogP contribution < -0.4 is 10.6 Å². The molecule has 0 aliphatic heterocycles. The lowest BCUT2D eigenvalue weighted by atomic mass is 10.1. The van der Waals surface area contributed by atoms with Crippen molar-refractivity contribution in [3.05, 3.63) is 10.8 Å². The fourth-order valence-corrected chi connectivity index (χ4v) is 12.5. The molecule has 0 saturated heterocycles. The van der Waals surface area contributed by atoms with Crippen molar-refractivity contribution in [2.24, 2.45) is 0 Å². The van der Waals surface area contributed by atoms with Crippen molar-refractivity contribution < 1.29 is 27.2 Å². The van der Waals surface area contributed by atoms with Gasteiger partial charge in [-0.1, -0.05) is 207 Å². The molecule has 0 saturated carbocycles. The maximum Gasteiger partial charge on any atom is 0.363 e. The molecule has 0 radical (unpaired) electrons. The average molecular weight is 805 g/mol. The van der Waals surface area contributed by atoms with E-state index in [1.54, 1.807) is 0 Å². The molecule has 0 bridgehead atoms. The summed E-state index contributed by atoms with van der Waals surface area (Å²) in [6.07, 6.45) is 37.7. The monoisotopic (exact) mass is 805 g/mol. The summed E-state index contributed by atoms with van der Waals surface area (Å²) in [6.45, 7) is 10.4. The average Bonchev–Trinajstić information content (AvgIpc) is 3.68. The van der Waals surface area contributed by atoms with Gasteiger partial charge in [0.15, 0.2) is 0 Å². The Morgan fingerprint density at radius 3 is 0.736 bits per heavy atom. The van der Waals surface area contributed by atoms with Gasteiger partial charge in [-0.05, 0) is 25.7 Å². The molecule has 0 spiro atoms. The van der Waals surface area contributed by atoms with Gasteiger partial charge in [0.1, 0.15) is 0 Å². The van der Waals surface area contributed by atoms with Crippen LogP contribution in [-0.2, 0) is 27.2 Å². The molecule has 0 fully saturated rings. The van der Waals surface area contributed by atoms with Crippen molar-refractivity contribution in [3.63, 3.8) is 0 Å². The van der Waals surface area contributed by atoms with E-state index >= 15 is 0 Å². The second kappa shape index (κ2) is 36.3. The van der Waals surface area contributed by atoms with Gasteiger partial charge in [0, 0.05) is 10.8 Å². The Labute approximate surface area is 333 Å². The van der Waals surface area contributed by atoms with Crippen LogP contribution in [0.1, 0.15) is 233 Å². The molecule has 1 rings (SSSR count). The lowest BCUT2D eigenvalue weighted by Gasteiger charge is -2.23. The largest absolute Gasteiger partial charge is 0.363 e. The summed E-state index contributed by atoms with van der Waals surface area (Å²) >= 11 is 1.38. The number of unbranched alkanes of at least 4 members (excludes halogenated alkanes) is 28. The Balaban J connectivity index is 2.96. The zero-order chi connectivity index (χ0) is 38.6. The van der Waals surface area contributed by atoms with Crippen LogP contribution in [0.2, 0.25) is 0 Å². The van der Waals surface area contributed by atoms with Crippen LogP contribution in [0.15, 0.2) is 10.8 Å². The fraction of sp³-hybridized carbons (Fsp3) is 0.909. The Kier molecular flexibility index (Phi) is 35.0. The summed E-state index contributed by atoms with van der Waals surface area (Å²) in [6, 6.07) is 0. The topological polar surface area (TPSA) is 71.1 Å². The Morgan fingerprint density at radius 1 is 0.340 bits per heavy atom. The van der Waals surface area contributed by atoms with Crippen molar-refractivity contribution >= 4 is 37.1 Å². The van der Waals surface area contributed by atoms with Crippen LogP contribution >= 0.6 is 26.5 Å². The molecule has 0 atom stereocenters. The zero-order valence-corrected chi connectivity index (χ0v) is 38.0. The van der Waals surface area contributed by atoms with E-state index in [-0.39, 0.29) is 0 Å². The van der Waals surface area contributed by atoms with E-state index in [9.17, 15) is 9.13 Å². The molecule has 9 heteroatoms. The van der Waals surface area contributed by atoms with Gasteiger partial charge in [0.25, 0.3) is 0 Å². The molecule has 0 N–H and O–H groups in total.